The van der Waals surface area contributed by atoms with Gasteiger partial charge in [0.15, 0.2) is 5.60 Å². The maximum absolute atomic E-state index is 16.5. The molecule has 0 saturated carbocycles. The molecule has 2 fully saturated rings. The highest BCUT2D eigenvalue weighted by atomic mass is 28.4. The monoisotopic (exact) mass is 641 g/mol. The molecule has 10 heteroatoms. The second-order valence-electron chi connectivity index (χ2n) is 13.6. The van der Waals surface area contributed by atoms with E-state index in [0.29, 0.717) is 48.6 Å². The smallest absolute Gasteiger partial charge is 0.268 e. The van der Waals surface area contributed by atoms with Gasteiger partial charge in [-0.25, -0.2) is 0 Å². The first-order chi connectivity index (χ1) is 22.0. The van der Waals surface area contributed by atoms with E-state index in [9.17, 15) is 19.5 Å². The van der Waals surface area contributed by atoms with E-state index in [1.54, 1.807) is 27.8 Å². The molecule has 5 atom stereocenters. The maximum Gasteiger partial charge on any atom is 0.268 e. The number of carbonyl (C=O) groups is 3. The quantitative estimate of drug-likeness (QED) is 0.280. The van der Waals surface area contributed by atoms with Gasteiger partial charge in [-0.15, -0.1) is 0 Å². The zero-order valence-corrected chi connectivity index (χ0v) is 27.5. The summed E-state index contributed by atoms with van der Waals surface area (Å²) in [4.78, 5) is 46.7. The van der Waals surface area contributed by atoms with Crippen molar-refractivity contribution >= 4 is 43.2 Å². The topological polar surface area (TPSA) is 90.4 Å². The lowest BCUT2D eigenvalue weighted by molar-refractivity contribution is -0.150. The Morgan fingerprint density at radius 2 is 1.74 bits per heavy atom. The van der Waals surface area contributed by atoms with Crippen LogP contribution in [0.5, 0.6) is 0 Å². The van der Waals surface area contributed by atoms with Gasteiger partial charge in [0.1, 0.15) is 0 Å². The number of anilines is 3. The molecule has 8 nitrogen and oxygen atoms in total. The van der Waals surface area contributed by atoms with Crippen LogP contribution in [0, 0.1) is 5.92 Å². The fourth-order valence-electron chi connectivity index (χ4n) is 8.41. The van der Waals surface area contributed by atoms with Crippen LogP contribution in [-0.4, -0.2) is 61.4 Å². The molecule has 4 aliphatic heterocycles. The molecule has 3 aromatic rings. The number of carbonyl (C=O) groups excluding carboxylic acids is 3. The minimum Gasteiger partial charge on any atom is -0.394 e. The molecule has 0 unspecified atom stereocenters. The summed E-state index contributed by atoms with van der Waals surface area (Å²) in [6.07, 6.45) is 0.803. The Labute approximate surface area is 269 Å². The Morgan fingerprint density at radius 3 is 2.41 bits per heavy atom. The number of aliphatic hydroxyl groups is 1. The Kier molecular flexibility index (Phi) is 7.65. The van der Waals surface area contributed by atoms with Crippen molar-refractivity contribution in [3.05, 3.63) is 89.5 Å². The minimum atomic E-state index is -3.53. The van der Waals surface area contributed by atoms with Gasteiger partial charge >= 0.3 is 0 Å². The summed E-state index contributed by atoms with van der Waals surface area (Å²) < 4.78 is 23.4. The van der Waals surface area contributed by atoms with Crippen LogP contribution >= 0.6 is 0 Å². The van der Waals surface area contributed by atoms with Crippen LogP contribution in [0.15, 0.2) is 72.8 Å². The van der Waals surface area contributed by atoms with E-state index in [1.165, 1.54) is 0 Å². The highest BCUT2D eigenvalue weighted by molar-refractivity contribution is 6.72. The van der Waals surface area contributed by atoms with Crippen molar-refractivity contribution in [3.8, 4) is 0 Å². The van der Waals surface area contributed by atoms with Crippen LogP contribution in [0.25, 0.3) is 0 Å². The number of ether oxygens (including phenoxy) is 1. The maximum atomic E-state index is 16.5. The molecular weight excluding hydrogens is 601 g/mol. The summed E-state index contributed by atoms with van der Waals surface area (Å²) in [5, 5.41) is 10.2. The number of aliphatic hydroxyl groups excluding tert-OH is 1. The SMILES string of the molecule is C[C@H]1[C@H]([Si](C)(C)F)[C@@H](CC(=O)N2Cc3ccccc3C[C@H]2CO)O[C@]12C(=O)N(c1ccccc1)c1ccc(N3CCCC3=O)cc12. The van der Waals surface area contributed by atoms with Gasteiger partial charge in [-0.1, -0.05) is 49.4 Å². The number of rotatable bonds is 6. The number of fused-ring (bicyclic) bond motifs is 3. The highest BCUT2D eigenvalue weighted by Crippen LogP contribution is 2.61. The number of nitrogens with zero attached hydrogens (tertiary/aromatic N) is 3. The molecule has 3 aromatic carbocycles. The number of hydrogen-bond acceptors (Lipinski definition) is 5. The van der Waals surface area contributed by atoms with Gasteiger partial charge in [0.25, 0.3) is 5.91 Å². The molecular formula is C36H40FN3O5Si. The van der Waals surface area contributed by atoms with Crippen molar-refractivity contribution in [3.63, 3.8) is 0 Å². The van der Waals surface area contributed by atoms with E-state index >= 15 is 4.11 Å². The zero-order valence-electron chi connectivity index (χ0n) is 26.5. The van der Waals surface area contributed by atoms with Gasteiger partial charge in [-0.3, -0.25) is 19.3 Å². The third-order valence-corrected chi connectivity index (χ3v) is 13.0. The van der Waals surface area contributed by atoms with Gasteiger partial charge in [0.2, 0.25) is 20.2 Å². The zero-order chi connectivity index (χ0) is 32.4. The van der Waals surface area contributed by atoms with Gasteiger partial charge in [-0.05, 0) is 67.4 Å². The third-order valence-electron chi connectivity index (χ3n) is 10.5. The first-order valence-corrected chi connectivity index (χ1v) is 19.2. The molecule has 4 heterocycles. The Hall–Kier alpha value is -3.86. The van der Waals surface area contributed by atoms with E-state index in [4.69, 9.17) is 4.74 Å². The summed E-state index contributed by atoms with van der Waals surface area (Å²) >= 11 is 0. The van der Waals surface area contributed by atoms with E-state index in [0.717, 1.165) is 17.5 Å². The Balaban J connectivity index is 1.30. The van der Waals surface area contributed by atoms with Crippen LogP contribution in [0.4, 0.5) is 21.2 Å². The van der Waals surface area contributed by atoms with Crippen molar-refractivity contribution < 1.29 is 28.3 Å². The molecule has 46 heavy (non-hydrogen) atoms. The van der Waals surface area contributed by atoms with E-state index in [2.05, 4.69) is 0 Å². The van der Waals surface area contributed by atoms with Crippen LogP contribution < -0.4 is 9.80 Å². The summed E-state index contributed by atoms with van der Waals surface area (Å²) in [5.41, 5.74) is 2.51. The van der Waals surface area contributed by atoms with Crippen molar-refractivity contribution in [1.29, 1.82) is 0 Å². The fourth-order valence-corrected chi connectivity index (χ4v) is 10.9. The van der Waals surface area contributed by atoms with Gasteiger partial charge in [0.05, 0.1) is 30.9 Å². The Morgan fingerprint density at radius 1 is 1.02 bits per heavy atom. The largest absolute Gasteiger partial charge is 0.394 e. The van der Waals surface area contributed by atoms with Crippen LogP contribution in [0.2, 0.25) is 18.6 Å². The van der Waals surface area contributed by atoms with Crippen molar-refractivity contribution in [2.75, 3.05) is 23.0 Å². The third kappa shape index (κ3) is 4.80. The summed E-state index contributed by atoms with van der Waals surface area (Å²) in [7, 11) is -3.53. The molecule has 0 aliphatic carbocycles. The second kappa shape index (κ2) is 11.4. The first-order valence-electron chi connectivity index (χ1n) is 16.2. The molecule has 1 N–H and O–H groups in total. The lowest BCUT2D eigenvalue weighted by Gasteiger charge is -2.37. The molecule has 7 rings (SSSR count). The lowest BCUT2D eigenvalue weighted by atomic mass is 9.82. The molecule has 2 saturated heterocycles. The minimum absolute atomic E-state index is 0.0267. The number of para-hydroxylation sites is 1. The second-order valence-corrected chi connectivity index (χ2v) is 17.4. The van der Waals surface area contributed by atoms with Gasteiger partial charge < -0.3 is 23.8 Å². The first kappa shape index (κ1) is 30.8. The van der Waals surface area contributed by atoms with Crippen molar-refractivity contribution in [1.82, 2.24) is 4.90 Å². The van der Waals surface area contributed by atoms with E-state index < -0.39 is 37.6 Å². The molecule has 4 aliphatic rings. The van der Waals surface area contributed by atoms with Crippen molar-refractivity contribution in [2.24, 2.45) is 5.92 Å². The number of amides is 3. The molecule has 3 amide bonds. The Bertz CT molecular complexity index is 1700. The lowest BCUT2D eigenvalue weighted by Crippen LogP contribution is -2.48. The number of hydrogen-bond donors (Lipinski definition) is 1. The predicted octanol–water partition coefficient (Wildman–Crippen LogP) is 5.60. The molecule has 0 aromatic heterocycles. The normalized spacial score (nSPS) is 27.5. The number of halogens is 1. The van der Waals surface area contributed by atoms with E-state index in [1.807, 2.05) is 79.7 Å². The average Bonchev–Trinajstić information content (AvgIpc) is 3.68. The van der Waals surface area contributed by atoms with E-state index in [-0.39, 0.29) is 30.7 Å². The van der Waals surface area contributed by atoms with Crippen LogP contribution in [-0.2, 0) is 37.7 Å². The van der Waals surface area contributed by atoms with Gasteiger partial charge in [0, 0.05) is 47.9 Å². The average molecular weight is 642 g/mol. The molecule has 0 bridgehead atoms. The van der Waals surface area contributed by atoms with Crippen LogP contribution in [0.3, 0.4) is 0 Å². The molecule has 240 valence electrons. The summed E-state index contributed by atoms with van der Waals surface area (Å²) in [5.74, 6) is -1.10. The fraction of sp³-hybridized carbons (Fsp3) is 0.417. The predicted molar refractivity (Wildman–Crippen MR) is 176 cm³/mol. The summed E-state index contributed by atoms with van der Waals surface area (Å²) in [6, 6.07) is 22.4. The van der Waals surface area contributed by atoms with Crippen LogP contribution in [0.1, 0.15) is 42.9 Å². The number of benzene rings is 3. The van der Waals surface area contributed by atoms with Crippen molar-refractivity contribution in [2.45, 2.75) is 75.5 Å². The standard InChI is InChI=1S/C36H40FN3O5Si/c1-23-34(46(2,3)37)31(20-33(43)39-21-25-11-8-7-10-24(25)18-28(39)22-41)45-36(23)29-19-27(38-17-9-14-32(38)42)15-16-30(29)40(35(36)44)26-12-5-4-6-13-26/h4-8,10-13,15-16,19,23,28,31,34,41H,9,14,17-18,20-22H2,1-3H3/t23-,28-,31+,34-,36+/m0/s1. The summed E-state index contributed by atoms with van der Waals surface area (Å²) in [6.45, 7) is 5.88. The molecule has 0 radical (unpaired) electrons. The van der Waals surface area contributed by atoms with Gasteiger partial charge in [-0.2, -0.15) is 0 Å². The molecule has 1 spiro atoms. The highest BCUT2D eigenvalue weighted by Gasteiger charge is 2.67.